The highest BCUT2D eigenvalue weighted by molar-refractivity contribution is 9.10. The molecule has 0 bridgehead atoms. The quantitative estimate of drug-likeness (QED) is 0.473. The topological polar surface area (TPSA) is 38.8 Å². The summed E-state index contributed by atoms with van der Waals surface area (Å²) in [6, 6.07) is 15.7. The molecule has 0 fully saturated rings. The van der Waals surface area contributed by atoms with Crippen molar-refractivity contribution in [2.75, 3.05) is 13.3 Å². The molecule has 0 atom stereocenters. The minimum absolute atomic E-state index is 0.0886. The van der Waals surface area contributed by atoms with Crippen molar-refractivity contribution >= 4 is 39.1 Å². The molecule has 0 unspecified atom stereocenters. The van der Waals surface area contributed by atoms with Gasteiger partial charge in [-0.15, -0.1) is 11.3 Å². The SMILES string of the molecule is O=C1/C(=C/c2ccccc2Br)Oc2c1ccc1c2CN(CCc2cccs2)CO1. The molecule has 2 aromatic carbocycles. The molecule has 4 nitrogen and oxygen atoms in total. The Morgan fingerprint density at radius 3 is 2.86 bits per heavy atom. The molecular weight excluding hydrogens is 450 g/mol. The van der Waals surface area contributed by atoms with Crippen molar-refractivity contribution in [3.05, 3.63) is 85.7 Å². The van der Waals surface area contributed by atoms with Crippen LogP contribution in [0.25, 0.3) is 6.08 Å². The van der Waals surface area contributed by atoms with E-state index in [-0.39, 0.29) is 5.78 Å². The summed E-state index contributed by atoms with van der Waals surface area (Å²) >= 11 is 5.29. The van der Waals surface area contributed by atoms with E-state index in [9.17, 15) is 4.79 Å². The Kier molecular flexibility index (Phi) is 4.99. The van der Waals surface area contributed by atoms with Crippen LogP contribution >= 0.6 is 27.3 Å². The lowest BCUT2D eigenvalue weighted by Crippen LogP contribution is -2.33. The number of carbonyl (C=O) groups excluding carboxylic acids is 1. The van der Waals surface area contributed by atoms with E-state index in [4.69, 9.17) is 9.47 Å². The summed E-state index contributed by atoms with van der Waals surface area (Å²) in [6.07, 6.45) is 2.77. The van der Waals surface area contributed by atoms with Crippen molar-refractivity contribution in [3.8, 4) is 11.5 Å². The number of carbonyl (C=O) groups is 1. The Hall–Kier alpha value is -2.41. The van der Waals surface area contributed by atoms with Crippen LogP contribution in [0.3, 0.4) is 0 Å². The van der Waals surface area contributed by atoms with Gasteiger partial charge >= 0.3 is 0 Å². The van der Waals surface area contributed by atoms with Crippen LogP contribution in [0.15, 0.2) is 64.1 Å². The zero-order valence-electron chi connectivity index (χ0n) is 15.6. The van der Waals surface area contributed by atoms with Gasteiger partial charge in [-0.25, -0.2) is 0 Å². The fourth-order valence-electron chi connectivity index (χ4n) is 3.60. The summed E-state index contributed by atoms with van der Waals surface area (Å²) < 4.78 is 12.9. The normalized spacial score (nSPS) is 17.0. The molecule has 0 aliphatic carbocycles. The van der Waals surface area contributed by atoms with E-state index in [2.05, 4.69) is 38.3 Å². The first-order chi connectivity index (χ1) is 14.2. The number of rotatable bonds is 4. The third-order valence-electron chi connectivity index (χ3n) is 5.13. The molecular formula is C23H18BrNO3S. The lowest BCUT2D eigenvalue weighted by molar-refractivity contribution is 0.0951. The van der Waals surface area contributed by atoms with E-state index in [1.165, 1.54) is 4.88 Å². The number of fused-ring (bicyclic) bond motifs is 3. The highest BCUT2D eigenvalue weighted by Gasteiger charge is 2.33. The summed E-state index contributed by atoms with van der Waals surface area (Å²) in [7, 11) is 0. The second-order valence-electron chi connectivity index (χ2n) is 7.04. The molecule has 2 aliphatic heterocycles. The fraction of sp³-hybridized carbons (Fsp3) is 0.174. The first kappa shape index (κ1) is 18.6. The van der Waals surface area contributed by atoms with E-state index >= 15 is 0 Å². The number of thiophene rings is 1. The van der Waals surface area contributed by atoms with E-state index in [1.54, 1.807) is 23.5 Å². The molecule has 3 aromatic rings. The van der Waals surface area contributed by atoms with Crippen molar-refractivity contribution in [2.24, 2.45) is 0 Å². The number of nitrogens with zero attached hydrogens (tertiary/aromatic N) is 1. The third kappa shape index (κ3) is 3.64. The highest BCUT2D eigenvalue weighted by atomic mass is 79.9. The molecule has 3 heterocycles. The Balaban J connectivity index is 1.40. The molecule has 0 radical (unpaired) electrons. The number of ketones is 1. The Morgan fingerprint density at radius 2 is 2.03 bits per heavy atom. The number of hydrogen-bond donors (Lipinski definition) is 0. The molecule has 6 heteroatoms. The average molecular weight is 468 g/mol. The Labute approximate surface area is 181 Å². The van der Waals surface area contributed by atoms with Crippen LogP contribution < -0.4 is 9.47 Å². The molecule has 0 spiro atoms. The minimum Gasteiger partial charge on any atom is -0.478 e. The van der Waals surface area contributed by atoms with Crippen LogP contribution in [0.2, 0.25) is 0 Å². The number of ether oxygens (including phenoxy) is 2. The first-order valence-electron chi connectivity index (χ1n) is 9.41. The Bertz CT molecular complexity index is 1110. The summed E-state index contributed by atoms with van der Waals surface area (Å²) in [6.45, 7) is 2.15. The van der Waals surface area contributed by atoms with Gasteiger partial charge in [-0.3, -0.25) is 9.69 Å². The van der Waals surface area contributed by atoms with E-state index < -0.39 is 0 Å². The monoisotopic (exact) mass is 467 g/mol. The predicted molar refractivity (Wildman–Crippen MR) is 117 cm³/mol. The lowest BCUT2D eigenvalue weighted by Gasteiger charge is -2.29. The maximum absolute atomic E-state index is 12.9. The van der Waals surface area contributed by atoms with Gasteiger partial charge in [-0.05, 0) is 47.7 Å². The summed E-state index contributed by atoms with van der Waals surface area (Å²) in [5.41, 5.74) is 2.46. The minimum atomic E-state index is -0.0886. The maximum Gasteiger partial charge on any atom is 0.231 e. The molecule has 0 saturated heterocycles. The zero-order chi connectivity index (χ0) is 19.8. The number of allylic oxidation sites excluding steroid dienone is 1. The smallest absolute Gasteiger partial charge is 0.231 e. The molecule has 0 saturated carbocycles. The molecule has 0 N–H and O–H groups in total. The van der Waals surface area contributed by atoms with Crippen LogP contribution in [-0.2, 0) is 13.0 Å². The zero-order valence-corrected chi connectivity index (χ0v) is 18.0. The second kappa shape index (κ2) is 7.78. The third-order valence-corrected chi connectivity index (χ3v) is 6.79. The number of halogens is 1. The van der Waals surface area contributed by atoms with Gasteiger partial charge in [0, 0.05) is 22.4 Å². The first-order valence-corrected chi connectivity index (χ1v) is 11.1. The molecule has 0 amide bonds. The van der Waals surface area contributed by atoms with Gasteiger partial charge in [0.25, 0.3) is 0 Å². The molecule has 1 aromatic heterocycles. The van der Waals surface area contributed by atoms with E-state index in [0.717, 1.165) is 34.3 Å². The second-order valence-corrected chi connectivity index (χ2v) is 8.92. The standard InChI is InChI=1S/C23H18BrNO3S/c24-19-6-2-1-4-15(19)12-21-22(26)17-7-8-20-18(23(17)28-21)13-25(14-27-20)10-9-16-5-3-11-29-16/h1-8,11-12H,9-10,13-14H2/b21-12-. The fourth-order valence-corrected chi connectivity index (χ4v) is 4.70. The number of Topliss-reactive ketones (excluding diaryl/α,β-unsaturated/α-hetero) is 1. The van der Waals surface area contributed by atoms with Gasteiger partial charge in [0.05, 0.1) is 11.1 Å². The summed E-state index contributed by atoms with van der Waals surface area (Å²) in [5.74, 6) is 1.68. The van der Waals surface area contributed by atoms with E-state index in [0.29, 0.717) is 30.3 Å². The highest BCUT2D eigenvalue weighted by Crippen LogP contribution is 2.42. The molecule has 146 valence electrons. The van der Waals surface area contributed by atoms with Crippen LogP contribution in [0.1, 0.15) is 26.4 Å². The van der Waals surface area contributed by atoms with Crippen molar-refractivity contribution < 1.29 is 14.3 Å². The van der Waals surface area contributed by atoms with Crippen LogP contribution in [0.4, 0.5) is 0 Å². The van der Waals surface area contributed by atoms with Gasteiger partial charge < -0.3 is 9.47 Å². The van der Waals surface area contributed by atoms with Gasteiger partial charge in [0.15, 0.2) is 5.76 Å². The van der Waals surface area contributed by atoms with Crippen molar-refractivity contribution in [1.82, 2.24) is 4.90 Å². The van der Waals surface area contributed by atoms with Gasteiger partial charge in [0.2, 0.25) is 5.78 Å². The summed E-state index contributed by atoms with van der Waals surface area (Å²) in [4.78, 5) is 16.5. The number of benzene rings is 2. The lowest BCUT2D eigenvalue weighted by atomic mass is 10.0. The van der Waals surface area contributed by atoms with E-state index in [1.807, 2.05) is 30.3 Å². The maximum atomic E-state index is 12.9. The van der Waals surface area contributed by atoms with Gasteiger partial charge in [-0.1, -0.05) is 40.2 Å². The molecule has 29 heavy (non-hydrogen) atoms. The molecule has 5 rings (SSSR count). The van der Waals surface area contributed by atoms with Crippen molar-refractivity contribution in [1.29, 1.82) is 0 Å². The largest absolute Gasteiger partial charge is 0.478 e. The molecule has 2 aliphatic rings. The van der Waals surface area contributed by atoms with Gasteiger partial charge in [-0.2, -0.15) is 0 Å². The van der Waals surface area contributed by atoms with Gasteiger partial charge in [0.1, 0.15) is 18.2 Å². The Morgan fingerprint density at radius 1 is 1.14 bits per heavy atom. The van der Waals surface area contributed by atoms with Crippen LogP contribution in [0, 0.1) is 0 Å². The van der Waals surface area contributed by atoms with Crippen LogP contribution in [0.5, 0.6) is 11.5 Å². The summed E-state index contributed by atoms with van der Waals surface area (Å²) in [5, 5.41) is 2.10. The average Bonchev–Trinajstić information content (AvgIpc) is 3.37. The predicted octanol–water partition coefficient (Wildman–Crippen LogP) is 5.52. The van der Waals surface area contributed by atoms with Crippen LogP contribution in [-0.4, -0.2) is 24.0 Å². The van der Waals surface area contributed by atoms with Crippen molar-refractivity contribution in [3.63, 3.8) is 0 Å². The van der Waals surface area contributed by atoms with Crippen molar-refractivity contribution in [2.45, 2.75) is 13.0 Å². The number of hydrogen-bond acceptors (Lipinski definition) is 5.